The molecule has 0 spiro atoms. The summed E-state index contributed by atoms with van der Waals surface area (Å²) in [5.41, 5.74) is 21.4. The van der Waals surface area contributed by atoms with E-state index in [1.807, 2.05) is 0 Å². The molecule has 0 heteroatoms. The number of fused-ring (bicyclic) bond motifs is 5. The summed E-state index contributed by atoms with van der Waals surface area (Å²) in [6.07, 6.45) is 2.13. The molecule has 0 amide bonds. The fraction of sp³-hybridized carbons (Fsp3) is 0.170. The second-order valence-electron chi connectivity index (χ2n) is 15.4. The second kappa shape index (κ2) is 12.7. The number of rotatable bonds is 6. The van der Waals surface area contributed by atoms with Gasteiger partial charge in [0, 0.05) is 5.41 Å². The highest BCUT2D eigenvalue weighted by molar-refractivity contribution is 5.91. The summed E-state index contributed by atoms with van der Waals surface area (Å²) >= 11 is 0. The molecule has 8 aromatic carbocycles. The molecule has 1 aliphatic carbocycles. The molecule has 0 saturated carbocycles. The van der Waals surface area contributed by atoms with Gasteiger partial charge in [0.05, 0.1) is 0 Å². The smallest absolute Gasteiger partial charge is 0.0210 e. The van der Waals surface area contributed by atoms with E-state index in [1.54, 1.807) is 0 Å². The predicted molar refractivity (Wildman–Crippen MR) is 229 cm³/mol. The Kier molecular flexibility index (Phi) is 7.97. The molecule has 0 aromatic heterocycles. The Bertz CT molecular complexity index is 2500. The fourth-order valence-electron chi connectivity index (χ4n) is 9.73. The Morgan fingerprint density at radius 2 is 0.698 bits per heavy atom. The van der Waals surface area contributed by atoms with Crippen molar-refractivity contribution >= 4 is 21.5 Å². The predicted octanol–water partition coefficient (Wildman–Crippen LogP) is 15.0. The lowest BCUT2D eigenvalue weighted by atomic mass is 9.72. The van der Waals surface area contributed by atoms with E-state index in [2.05, 4.69) is 187 Å². The van der Waals surface area contributed by atoms with Gasteiger partial charge >= 0.3 is 0 Å². The quantitative estimate of drug-likeness (QED) is 0.164. The Labute approximate surface area is 314 Å². The highest BCUT2D eigenvalue weighted by atomic mass is 14.4. The number of aryl methyl sites for hydroxylation is 4. The number of hydrogen-bond acceptors (Lipinski definition) is 0. The fourth-order valence-corrected chi connectivity index (χ4v) is 9.73. The van der Waals surface area contributed by atoms with E-state index >= 15 is 0 Å². The van der Waals surface area contributed by atoms with E-state index < -0.39 is 0 Å². The Hall–Kier alpha value is -5.72. The Morgan fingerprint density at radius 1 is 0.340 bits per heavy atom. The molecule has 0 fully saturated rings. The zero-order valence-corrected chi connectivity index (χ0v) is 31.8. The molecule has 1 aliphatic rings. The number of benzene rings is 8. The summed E-state index contributed by atoms with van der Waals surface area (Å²) in [6, 6.07) is 55.0. The molecule has 0 unspecified atom stereocenters. The molecule has 0 nitrogen and oxygen atoms in total. The van der Waals surface area contributed by atoms with Crippen LogP contribution in [-0.2, 0) is 5.41 Å². The minimum absolute atomic E-state index is 0.0314. The molecular formula is C53H46. The van der Waals surface area contributed by atoms with Gasteiger partial charge in [0.2, 0.25) is 0 Å². The zero-order chi connectivity index (χ0) is 36.4. The molecule has 0 bridgehead atoms. The minimum Gasteiger partial charge on any atom is -0.0642 e. The molecular weight excluding hydrogens is 637 g/mol. The first-order valence-electron chi connectivity index (χ1n) is 19.3. The lowest BCUT2D eigenvalue weighted by Gasteiger charge is -2.30. The van der Waals surface area contributed by atoms with Crippen LogP contribution in [0.1, 0.15) is 60.1 Å². The van der Waals surface area contributed by atoms with Crippen molar-refractivity contribution in [3.63, 3.8) is 0 Å². The van der Waals surface area contributed by atoms with Gasteiger partial charge in [-0.2, -0.15) is 0 Å². The van der Waals surface area contributed by atoms with E-state index in [4.69, 9.17) is 0 Å². The van der Waals surface area contributed by atoms with Crippen LogP contribution in [0.25, 0.3) is 77.2 Å². The van der Waals surface area contributed by atoms with Gasteiger partial charge in [0.1, 0.15) is 0 Å². The number of hydrogen-bond donors (Lipinski definition) is 0. The summed E-state index contributed by atoms with van der Waals surface area (Å²) in [5.74, 6) is 0. The minimum atomic E-state index is -0.0314. The molecule has 0 saturated heterocycles. The highest BCUT2D eigenvalue weighted by Crippen LogP contribution is 2.55. The molecule has 8 aromatic rings. The maximum atomic E-state index is 2.53. The third-order valence-corrected chi connectivity index (χ3v) is 12.4. The summed E-state index contributed by atoms with van der Waals surface area (Å²) < 4.78 is 0. The summed E-state index contributed by atoms with van der Waals surface area (Å²) in [5, 5.41) is 5.13. The van der Waals surface area contributed by atoms with Crippen LogP contribution in [-0.4, -0.2) is 0 Å². The maximum absolute atomic E-state index is 2.53. The summed E-state index contributed by atoms with van der Waals surface area (Å²) in [7, 11) is 0. The van der Waals surface area contributed by atoms with Crippen molar-refractivity contribution in [2.75, 3.05) is 0 Å². The van der Waals surface area contributed by atoms with Crippen LogP contribution in [0.5, 0.6) is 0 Å². The van der Waals surface area contributed by atoms with Crippen LogP contribution < -0.4 is 0 Å². The summed E-state index contributed by atoms with van der Waals surface area (Å²) in [4.78, 5) is 0. The van der Waals surface area contributed by atoms with E-state index in [1.165, 1.54) is 111 Å². The molecule has 0 heterocycles. The third kappa shape index (κ3) is 5.35. The van der Waals surface area contributed by atoms with Crippen molar-refractivity contribution < 1.29 is 0 Å². The molecule has 0 N–H and O–H groups in total. The van der Waals surface area contributed by atoms with E-state index in [0.717, 1.165) is 12.8 Å². The largest absolute Gasteiger partial charge is 0.0642 e. The molecule has 0 aliphatic heterocycles. The first-order chi connectivity index (χ1) is 25.8. The van der Waals surface area contributed by atoms with Crippen molar-refractivity contribution in [3.05, 3.63) is 179 Å². The van der Waals surface area contributed by atoms with Gasteiger partial charge in [-0.15, -0.1) is 0 Å². The first-order valence-corrected chi connectivity index (χ1v) is 19.3. The van der Waals surface area contributed by atoms with Gasteiger partial charge in [-0.3, -0.25) is 0 Å². The molecule has 0 radical (unpaired) electrons. The van der Waals surface area contributed by atoms with Crippen LogP contribution in [0, 0.1) is 27.7 Å². The van der Waals surface area contributed by atoms with Crippen LogP contribution in [0.15, 0.2) is 146 Å². The SMILES string of the molecule is CCC1(CC)c2cc(-c3c(C)cc(-c4ccc5ccccc5c4)cc3C)ccc2-c2ccc(-c3c(C)cc(-c4ccc5ccccc5c4)cc3C)cc21. The van der Waals surface area contributed by atoms with E-state index in [9.17, 15) is 0 Å². The van der Waals surface area contributed by atoms with Gasteiger partial charge in [0.25, 0.3) is 0 Å². The normalized spacial score (nSPS) is 13.0. The zero-order valence-electron chi connectivity index (χ0n) is 31.8. The third-order valence-electron chi connectivity index (χ3n) is 12.4. The Morgan fingerprint density at radius 3 is 1.08 bits per heavy atom. The van der Waals surface area contributed by atoms with Crippen LogP contribution >= 0.6 is 0 Å². The average Bonchev–Trinajstić information content (AvgIpc) is 3.45. The van der Waals surface area contributed by atoms with Crippen molar-refractivity contribution in [3.8, 4) is 55.6 Å². The second-order valence-corrected chi connectivity index (χ2v) is 15.4. The van der Waals surface area contributed by atoms with Crippen molar-refractivity contribution in [2.24, 2.45) is 0 Å². The van der Waals surface area contributed by atoms with Crippen molar-refractivity contribution in [1.29, 1.82) is 0 Å². The summed E-state index contributed by atoms with van der Waals surface area (Å²) in [6.45, 7) is 13.9. The van der Waals surface area contributed by atoms with Crippen LogP contribution in [0.2, 0.25) is 0 Å². The van der Waals surface area contributed by atoms with Gasteiger partial charge in [-0.05, 0) is 175 Å². The monoisotopic (exact) mass is 682 g/mol. The maximum Gasteiger partial charge on any atom is 0.0210 e. The topological polar surface area (TPSA) is 0 Å². The molecule has 0 atom stereocenters. The standard InChI is InChI=1S/C53H46/c1-7-53(8-2)49-31-43(51-33(3)25-45(26-34(51)4)41-19-17-37-13-9-11-15-39(37)29-41)21-23-47(49)48-24-22-44(32-50(48)53)52-35(5)27-46(28-36(52)6)42-20-18-38-14-10-12-16-40(38)30-42/h9-32H,7-8H2,1-6H3. The van der Waals surface area contributed by atoms with E-state index in [0.29, 0.717) is 0 Å². The molecule has 258 valence electrons. The lowest BCUT2D eigenvalue weighted by Crippen LogP contribution is -2.23. The molecule has 53 heavy (non-hydrogen) atoms. The average molecular weight is 683 g/mol. The van der Waals surface area contributed by atoms with Gasteiger partial charge < -0.3 is 0 Å². The van der Waals surface area contributed by atoms with Gasteiger partial charge in [-0.25, -0.2) is 0 Å². The molecule has 9 rings (SSSR count). The van der Waals surface area contributed by atoms with Crippen LogP contribution in [0.3, 0.4) is 0 Å². The van der Waals surface area contributed by atoms with Crippen LogP contribution in [0.4, 0.5) is 0 Å². The lowest BCUT2D eigenvalue weighted by molar-refractivity contribution is 0.490. The Balaban J connectivity index is 1.09. The van der Waals surface area contributed by atoms with Crippen molar-refractivity contribution in [1.82, 2.24) is 0 Å². The van der Waals surface area contributed by atoms with E-state index in [-0.39, 0.29) is 5.41 Å². The van der Waals surface area contributed by atoms with Crippen molar-refractivity contribution in [2.45, 2.75) is 59.8 Å². The van der Waals surface area contributed by atoms with Gasteiger partial charge in [0.15, 0.2) is 0 Å². The highest BCUT2D eigenvalue weighted by Gasteiger charge is 2.41. The first kappa shape index (κ1) is 33.1. The van der Waals surface area contributed by atoms with Gasteiger partial charge in [-0.1, -0.05) is 135 Å².